The van der Waals surface area contributed by atoms with E-state index in [0.29, 0.717) is 6.54 Å². The van der Waals surface area contributed by atoms with Gasteiger partial charge in [0.15, 0.2) is 0 Å². The third-order valence-electron chi connectivity index (χ3n) is 2.35. The summed E-state index contributed by atoms with van der Waals surface area (Å²) in [5.74, 6) is 0. The Morgan fingerprint density at radius 3 is 2.87 bits per heavy atom. The Balaban J connectivity index is 2.21. The minimum atomic E-state index is -0.441. The van der Waals surface area contributed by atoms with E-state index in [2.05, 4.69) is 4.98 Å². The molecule has 0 amide bonds. The largest absolute Gasteiger partial charge is 0.387 e. The standard InChI is InChI=1S/C12H14N2O/c1-10(15)12-6-4-8-14(12)9-11-5-2-3-7-13-11/h2-8,10,15H,9H2,1H3. The Morgan fingerprint density at radius 1 is 1.33 bits per heavy atom. The van der Waals surface area contributed by atoms with Gasteiger partial charge in [-0.15, -0.1) is 0 Å². The summed E-state index contributed by atoms with van der Waals surface area (Å²) >= 11 is 0. The second-order valence-corrected chi connectivity index (χ2v) is 3.56. The summed E-state index contributed by atoms with van der Waals surface area (Å²) < 4.78 is 2.01. The van der Waals surface area contributed by atoms with Gasteiger partial charge in [0.2, 0.25) is 0 Å². The van der Waals surface area contributed by atoms with E-state index < -0.39 is 6.10 Å². The predicted molar refractivity (Wildman–Crippen MR) is 58.4 cm³/mol. The van der Waals surface area contributed by atoms with Crippen molar-refractivity contribution < 1.29 is 5.11 Å². The zero-order chi connectivity index (χ0) is 10.7. The molecule has 2 aromatic rings. The molecule has 0 bridgehead atoms. The van der Waals surface area contributed by atoms with E-state index in [9.17, 15) is 5.11 Å². The number of hydrogen-bond donors (Lipinski definition) is 1. The molecule has 3 nitrogen and oxygen atoms in total. The van der Waals surface area contributed by atoms with Crippen molar-refractivity contribution in [2.75, 3.05) is 0 Å². The van der Waals surface area contributed by atoms with Gasteiger partial charge >= 0.3 is 0 Å². The van der Waals surface area contributed by atoms with Gasteiger partial charge in [0.1, 0.15) is 0 Å². The molecule has 2 aromatic heterocycles. The molecule has 2 heterocycles. The zero-order valence-corrected chi connectivity index (χ0v) is 8.67. The molecule has 3 heteroatoms. The Bertz CT molecular complexity index is 420. The fraction of sp³-hybridized carbons (Fsp3) is 0.250. The second-order valence-electron chi connectivity index (χ2n) is 3.56. The number of aromatic nitrogens is 2. The van der Waals surface area contributed by atoms with Crippen molar-refractivity contribution in [2.45, 2.75) is 19.6 Å². The average molecular weight is 202 g/mol. The monoisotopic (exact) mass is 202 g/mol. The lowest BCUT2D eigenvalue weighted by atomic mass is 10.3. The van der Waals surface area contributed by atoms with Gasteiger partial charge in [-0.2, -0.15) is 0 Å². The molecule has 1 N–H and O–H groups in total. The molecule has 0 aliphatic heterocycles. The van der Waals surface area contributed by atoms with Crippen molar-refractivity contribution in [1.82, 2.24) is 9.55 Å². The molecule has 0 aliphatic carbocycles. The van der Waals surface area contributed by atoms with Crippen molar-refractivity contribution in [2.24, 2.45) is 0 Å². The van der Waals surface area contributed by atoms with Crippen molar-refractivity contribution in [3.05, 3.63) is 54.1 Å². The highest BCUT2D eigenvalue weighted by molar-refractivity contribution is 5.13. The summed E-state index contributed by atoms with van der Waals surface area (Å²) in [6.07, 6.45) is 3.29. The van der Waals surface area contributed by atoms with Crippen LogP contribution in [0.25, 0.3) is 0 Å². The topological polar surface area (TPSA) is 38.0 Å². The van der Waals surface area contributed by atoms with Crippen LogP contribution in [0.5, 0.6) is 0 Å². The molecule has 2 rings (SSSR count). The van der Waals surface area contributed by atoms with E-state index in [0.717, 1.165) is 11.4 Å². The Morgan fingerprint density at radius 2 is 2.20 bits per heavy atom. The van der Waals surface area contributed by atoms with Gasteiger partial charge in [-0.05, 0) is 31.2 Å². The van der Waals surface area contributed by atoms with Crippen LogP contribution in [0, 0.1) is 0 Å². The van der Waals surface area contributed by atoms with Crippen LogP contribution in [-0.4, -0.2) is 14.7 Å². The highest BCUT2D eigenvalue weighted by Gasteiger charge is 2.06. The van der Waals surface area contributed by atoms with Crippen molar-refractivity contribution in [3.8, 4) is 0 Å². The van der Waals surface area contributed by atoms with E-state index in [1.807, 2.05) is 41.1 Å². The first-order chi connectivity index (χ1) is 7.27. The molecular weight excluding hydrogens is 188 g/mol. The first-order valence-corrected chi connectivity index (χ1v) is 5.00. The maximum absolute atomic E-state index is 9.53. The maximum atomic E-state index is 9.53. The van der Waals surface area contributed by atoms with Crippen LogP contribution in [0.4, 0.5) is 0 Å². The minimum absolute atomic E-state index is 0.441. The zero-order valence-electron chi connectivity index (χ0n) is 8.67. The highest BCUT2D eigenvalue weighted by atomic mass is 16.3. The van der Waals surface area contributed by atoms with Gasteiger partial charge in [0.05, 0.1) is 18.3 Å². The van der Waals surface area contributed by atoms with Crippen LogP contribution in [-0.2, 0) is 6.54 Å². The number of hydrogen-bond acceptors (Lipinski definition) is 2. The van der Waals surface area contributed by atoms with E-state index in [4.69, 9.17) is 0 Å². The number of nitrogens with zero attached hydrogens (tertiary/aromatic N) is 2. The molecule has 15 heavy (non-hydrogen) atoms. The van der Waals surface area contributed by atoms with Crippen LogP contribution >= 0.6 is 0 Å². The molecule has 0 aliphatic rings. The lowest BCUT2D eigenvalue weighted by Gasteiger charge is -2.10. The quantitative estimate of drug-likeness (QED) is 0.826. The van der Waals surface area contributed by atoms with Crippen LogP contribution < -0.4 is 0 Å². The molecular formula is C12H14N2O. The lowest BCUT2D eigenvalue weighted by Crippen LogP contribution is -2.06. The number of aliphatic hydroxyl groups is 1. The van der Waals surface area contributed by atoms with Crippen molar-refractivity contribution in [1.29, 1.82) is 0 Å². The van der Waals surface area contributed by atoms with E-state index in [1.54, 1.807) is 13.1 Å². The number of rotatable bonds is 3. The first kappa shape index (κ1) is 9.93. The Kier molecular flexibility index (Phi) is 2.83. The van der Waals surface area contributed by atoms with Gasteiger partial charge in [-0.25, -0.2) is 0 Å². The van der Waals surface area contributed by atoms with E-state index in [1.165, 1.54) is 0 Å². The fourth-order valence-electron chi connectivity index (χ4n) is 1.62. The van der Waals surface area contributed by atoms with Gasteiger partial charge in [0.25, 0.3) is 0 Å². The van der Waals surface area contributed by atoms with Crippen LogP contribution in [0.2, 0.25) is 0 Å². The molecule has 1 unspecified atom stereocenters. The number of pyridine rings is 1. The summed E-state index contributed by atoms with van der Waals surface area (Å²) in [7, 11) is 0. The van der Waals surface area contributed by atoms with Gasteiger partial charge in [0, 0.05) is 18.1 Å². The molecule has 0 saturated heterocycles. The minimum Gasteiger partial charge on any atom is -0.387 e. The first-order valence-electron chi connectivity index (χ1n) is 5.00. The summed E-state index contributed by atoms with van der Waals surface area (Å²) in [4.78, 5) is 4.25. The molecule has 0 radical (unpaired) electrons. The van der Waals surface area contributed by atoms with Crippen molar-refractivity contribution >= 4 is 0 Å². The summed E-state index contributed by atoms with van der Waals surface area (Å²) in [5, 5.41) is 9.53. The average Bonchev–Trinajstić information content (AvgIpc) is 2.67. The van der Waals surface area contributed by atoms with Crippen LogP contribution in [0.1, 0.15) is 24.4 Å². The molecule has 0 saturated carbocycles. The SMILES string of the molecule is CC(O)c1cccn1Cc1ccccn1. The summed E-state index contributed by atoms with van der Waals surface area (Å²) in [6.45, 7) is 2.47. The second kappa shape index (κ2) is 4.28. The smallest absolute Gasteiger partial charge is 0.0911 e. The molecule has 0 spiro atoms. The van der Waals surface area contributed by atoms with Crippen molar-refractivity contribution in [3.63, 3.8) is 0 Å². The molecule has 78 valence electrons. The lowest BCUT2D eigenvalue weighted by molar-refractivity contribution is 0.189. The molecule has 1 atom stereocenters. The third-order valence-corrected chi connectivity index (χ3v) is 2.35. The van der Waals surface area contributed by atoms with E-state index >= 15 is 0 Å². The predicted octanol–water partition coefficient (Wildman–Crippen LogP) is 1.98. The third kappa shape index (κ3) is 2.25. The molecule has 0 aromatic carbocycles. The normalized spacial score (nSPS) is 12.7. The van der Waals surface area contributed by atoms with Gasteiger partial charge in [-0.1, -0.05) is 6.07 Å². The Hall–Kier alpha value is -1.61. The van der Waals surface area contributed by atoms with Gasteiger partial charge < -0.3 is 9.67 Å². The van der Waals surface area contributed by atoms with Gasteiger partial charge in [-0.3, -0.25) is 4.98 Å². The summed E-state index contributed by atoms with van der Waals surface area (Å²) in [6, 6.07) is 9.70. The molecule has 0 fully saturated rings. The fourth-order valence-corrected chi connectivity index (χ4v) is 1.62. The Labute approximate surface area is 89.0 Å². The maximum Gasteiger partial charge on any atom is 0.0911 e. The van der Waals surface area contributed by atoms with E-state index in [-0.39, 0.29) is 0 Å². The van der Waals surface area contributed by atoms with Crippen LogP contribution in [0.15, 0.2) is 42.7 Å². The highest BCUT2D eigenvalue weighted by Crippen LogP contribution is 2.13. The summed E-state index contributed by atoms with van der Waals surface area (Å²) in [5.41, 5.74) is 1.91. The number of aliphatic hydroxyl groups excluding tert-OH is 1. The van der Waals surface area contributed by atoms with Crippen LogP contribution in [0.3, 0.4) is 0 Å².